The lowest BCUT2D eigenvalue weighted by Crippen LogP contribution is -2.27. The topological polar surface area (TPSA) is 29.5 Å². The zero-order valence-corrected chi connectivity index (χ0v) is 17.0. The van der Waals surface area contributed by atoms with Gasteiger partial charge in [0.05, 0.1) is 15.0 Å². The van der Waals surface area contributed by atoms with Crippen LogP contribution < -0.4 is 4.74 Å². The molecule has 1 saturated heterocycles. The van der Waals surface area contributed by atoms with Crippen LogP contribution >= 0.6 is 47.2 Å². The van der Waals surface area contributed by atoms with E-state index in [9.17, 15) is 4.79 Å². The van der Waals surface area contributed by atoms with Crippen molar-refractivity contribution in [3.63, 3.8) is 0 Å². The number of rotatable bonds is 5. The summed E-state index contributed by atoms with van der Waals surface area (Å²) in [6.07, 6.45) is 1.84. The van der Waals surface area contributed by atoms with Gasteiger partial charge in [-0.25, -0.2) is 0 Å². The highest BCUT2D eigenvalue weighted by atomic mass is 35.5. The number of likely N-dealkylation sites (N-methyl/N-ethyl adjacent to an activating group) is 1. The van der Waals surface area contributed by atoms with Crippen molar-refractivity contribution in [2.24, 2.45) is 0 Å². The van der Waals surface area contributed by atoms with Gasteiger partial charge in [0.15, 0.2) is 0 Å². The first-order chi connectivity index (χ1) is 12.5. The fourth-order valence-electron chi connectivity index (χ4n) is 2.38. The summed E-state index contributed by atoms with van der Waals surface area (Å²) in [6.45, 7) is 2.89. The van der Waals surface area contributed by atoms with Gasteiger partial charge in [-0.05, 0) is 48.4 Å². The fraction of sp³-hybridized carbons (Fsp3) is 0.158. The number of carbonyl (C=O) groups is 1. The quantitative estimate of drug-likeness (QED) is 0.449. The predicted molar refractivity (Wildman–Crippen MR) is 113 cm³/mol. The Hall–Kier alpha value is -1.53. The van der Waals surface area contributed by atoms with Crippen molar-refractivity contribution in [1.29, 1.82) is 0 Å². The molecule has 0 radical (unpaired) electrons. The molecule has 2 aromatic rings. The number of ether oxygens (including phenoxy) is 1. The molecule has 0 aliphatic carbocycles. The second-order valence-electron chi connectivity index (χ2n) is 5.53. The Bertz CT molecular complexity index is 882. The van der Waals surface area contributed by atoms with Crippen molar-refractivity contribution in [3.8, 4) is 5.75 Å². The molecule has 0 saturated carbocycles. The lowest BCUT2D eigenvalue weighted by molar-refractivity contribution is -0.121. The average molecular weight is 424 g/mol. The minimum Gasteiger partial charge on any atom is -0.489 e. The lowest BCUT2D eigenvalue weighted by atomic mass is 10.2. The number of thiocarbonyl (C=S) groups is 1. The van der Waals surface area contributed by atoms with Gasteiger partial charge in [0, 0.05) is 6.54 Å². The van der Waals surface area contributed by atoms with E-state index in [0.29, 0.717) is 32.4 Å². The molecule has 7 heteroatoms. The third-order valence-corrected chi connectivity index (χ3v) is 5.87. The summed E-state index contributed by atoms with van der Waals surface area (Å²) in [5.74, 6) is 0.691. The summed E-state index contributed by atoms with van der Waals surface area (Å²) in [7, 11) is 0. The number of amides is 1. The van der Waals surface area contributed by atoms with Crippen LogP contribution in [0.2, 0.25) is 10.0 Å². The first kappa shape index (κ1) is 19.2. The molecule has 1 aliphatic heterocycles. The van der Waals surface area contributed by atoms with Crippen molar-refractivity contribution in [2.45, 2.75) is 13.5 Å². The molecule has 1 heterocycles. The van der Waals surface area contributed by atoms with Crippen molar-refractivity contribution in [1.82, 2.24) is 4.90 Å². The molecule has 0 spiro atoms. The summed E-state index contributed by atoms with van der Waals surface area (Å²) in [5.41, 5.74) is 1.86. The van der Waals surface area contributed by atoms with Crippen molar-refractivity contribution in [2.75, 3.05) is 6.54 Å². The van der Waals surface area contributed by atoms with Gasteiger partial charge in [0.2, 0.25) is 0 Å². The summed E-state index contributed by atoms with van der Waals surface area (Å²) in [4.78, 5) is 14.5. The first-order valence-corrected chi connectivity index (χ1v) is 9.88. The fourth-order valence-corrected chi connectivity index (χ4v) is 4.09. The van der Waals surface area contributed by atoms with Gasteiger partial charge in [-0.15, -0.1) is 0 Å². The van der Waals surface area contributed by atoms with Crippen LogP contribution in [0.15, 0.2) is 47.4 Å². The highest BCUT2D eigenvalue weighted by Gasteiger charge is 2.30. The average Bonchev–Trinajstić information content (AvgIpc) is 2.90. The third kappa shape index (κ3) is 4.41. The number of nitrogens with zero attached hydrogens (tertiary/aromatic N) is 1. The van der Waals surface area contributed by atoms with Crippen LogP contribution in [0.25, 0.3) is 6.08 Å². The van der Waals surface area contributed by atoms with E-state index in [1.54, 1.807) is 17.0 Å². The highest BCUT2D eigenvalue weighted by Crippen LogP contribution is 2.32. The lowest BCUT2D eigenvalue weighted by Gasteiger charge is -2.09. The molecule has 0 bridgehead atoms. The van der Waals surface area contributed by atoms with E-state index in [1.807, 2.05) is 43.3 Å². The number of hydrogen-bond donors (Lipinski definition) is 0. The van der Waals surface area contributed by atoms with E-state index < -0.39 is 0 Å². The molecule has 0 atom stereocenters. The predicted octanol–water partition coefficient (Wildman–Crippen LogP) is 5.79. The minimum absolute atomic E-state index is 0.0394. The van der Waals surface area contributed by atoms with E-state index in [1.165, 1.54) is 11.8 Å². The van der Waals surface area contributed by atoms with Gasteiger partial charge in [0.25, 0.3) is 5.91 Å². The van der Waals surface area contributed by atoms with Gasteiger partial charge >= 0.3 is 0 Å². The molecule has 3 rings (SSSR count). The normalized spacial score (nSPS) is 15.8. The molecule has 3 nitrogen and oxygen atoms in total. The van der Waals surface area contributed by atoms with E-state index in [4.69, 9.17) is 40.2 Å². The number of thioether (sulfide) groups is 1. The maximum absolute atomic E-state index is 12.2. The van der Waals surface area contributed by atoms with Crippen LogP contribution in [0.4, 0.5) is 0 Å². The smallest absolute Gasteiger partial charge is 0.266 e. The van der Waals surface area contributed by atoms with Crippen LogP contribution in [0.1, 0.15) is 18.1 Å². The van der Waals surface area contributed by atoms with Gasteiger partial charge in [-0.3, -0.25) is 9.69 Å². The van der Waals surface area contributed by atoms with Gasteiger partial charge < -0.3 is 4.74 Å². The summed E-state index contributed by atoms with van der Waals surface area (Å²) in [5, 5.41) is 1.03. The molecule has 1 fully saturated rings. The van der Waals surface area contributed by atoms with Crippen LogP contribution in [0.5, 0.6) is 5.75 Å². The van der Waals surface area contributed by atoms with E-state index in [0.717, 1.165) is 16.9 Å². The highest BCUT2D eigenvalue weighted by molar-refractivity contribution is 8.26. The summed E-state index contributed by atoms with van der Waals surface area (Å²) in [6, 6.07) is 12.9. The number of benzene rings is 2. The maximum Gasteiger partial charge on any atom is 0.266 e. The van der Waals surface area contributed by atoms with Crippen LogP contribution in [0.3, 0.4) is 0 Å². The van der Waals surface area contributed by atoms with Gasteiger partial charge in [-0.2, -0.15) is 0 Å². The Morgan fingerprint density at radius 3 is 2.50 bits per heavy atom. The third-order valence-electron chi connectivity index (χ3n) is 3.76. The van der Waals surface area contributed by atoms with Crippen molar-refractivity contribution < 1.29 is 9.53 Å². The summed E-state index contributed by atoms with van der Waals surface area (Å²) < 4.78 is 6.36. The Labute approximate surface area is 171 Å². The van der Waals surface area contributed by atoms with E-state index in [-0.39, 0.29) is 5.91 Å². The largest absolute Gasteiger partial charge is 0.489 e. The number of hydrogen-bond acceptors (Lipinski definition) is 4. The molecule has 26 heavy (non-hydrogen) atoms. The standard InChI is InChI=1S/C19H15Cl2NO2S2/c1-2-22-18(23)17(26-19(22)25)10-12-3-6-14(7-4-12)24-11-13-5-8-15(20)16(21)9-13/h3-10H,2,11H2,1H3. The molecular weight excluding hydrogens is 409 g/mol. The van der Waals surface area contributed by atoms with Crippen molar-refractivity contribution >= 4 is 63.5 Å². The Morgan fingerprint density at radius 1 is 1.15 bits per heavy atom. The molecule has 0 aromatic heterocycles. The Balaban J connectivity index is 1.65. The first-order valence-electron chi connectivity index (χ1n) is 7.90. The Kier molecular flexibility index (Phi) is 6.24. The molecular formula is C19H15Cl2NO2S2. The molecule has 0 unspecified atom stereocenters. The second kappa shape index (κ2) is 8.44. The molecule has 1 aliphatic rings. The van der Waals surface area contributed by atoms with Crippen LogP contribution in [-0.2, 0) is 11.4 Å². The number of carbonyl (C=O) groups excluding carboxylic acids is 1. The van der Waals surface area contributed by atoms with Crippen LogP contribution in [0, 0.1) is 0 Å². The van der Waals surface area contributed by atoms with E-state index in [2.05, 4.69) is 0 Å². The van der Waals surface area contributed by atoms with Crippen molar-refractivity contribution in [3.05, 3.63) is 68.5 Å². The molecule has 0 N–H and O–H groups in total. The van der Waals surface area contributed by atoms with E-state index >= 15 is 0 Å². The van der Waals surface area contributed by atoms with Crippen LogP contribution in [-0.4, -0.2) is 21.7 Å². The summed E-state index contributed by atoms with van der Waals surface area (Å²) >= 11 is 18.5. The maximum atomic E-state index is 12.2. The SMILES string of the molecule is CCN1C(=O)C(=Cc2ccc(OCc3ccc(Cl)c(Cl)c3)cc2)SC1=S. The zero-order valence-electron chi connectivity index (χ0n) is 13.9. The zero-order chi connectivity index (χ0) is 18.7. The van der Waals surface area contributed by atoms with Gasteiger partial charge in [0.1, 0.15) is 16.7 Å². The minimum atomic E-state index is -0.0394. The number of halogens is 2. The molecule has 2 aromatic carbocycles. The Morgan fingerprint density at radius 2 is 1.88 bits per heavy atom. The molecule has 134 valence electrons. The second-order valence-corrected chi connectivity index (χ2v) is 8.02. The monoisotopic (exact) mass is 423 g/mol. The van der Waals surface area contributed by atoms with Gasteiger partial charge in [-0.1, -0.05) is 65.4 Å². The molecule has 1 amide bonds.